The van der Waals surface area contributed by atoms with Crippen LogP contribution >= 0.6 is 0 Å². The topological polar surface area (TPSA) is 59.0 Å². The lowest BCUT2D eigenvalue weighted by Gasteiger charge is -2.27. The number of aryl methyl sites for hydroxylation is 2. The third kappa shape index (κ3) is 4.45. The maximum Gasteiger partial charge on any atom is 0.223 e. The van der Waals surface area contributed by atoms with E-state index in [0.29, 0.717) is 12.6 Å². The summed E-state index contributed by atoms with van der Waals surface area (Å²) in [7, 11) is 0. The fourth-order valence-electron chi connectivity index (χ4n) is 3.29. The van der Waals surface area contributed by atoms with Gasteiger partial charge in [-0.05, 0) is 38.3 Å². The van der Waals surface area contributed by atoms with Crippen molar-refractivity contribution in [1.82, 2.24) is 20.2 Å². The van der Waals surface area contributed by atoms with E-state index in [9.17, 15) is 4.79 Å². The van der Waals surface area contributed by atoms with Crippen molar-refractivity contribution in [3.8, 4) is 0 Å². The second kappa shape index (κ2) is 8.11. The fourth-order valence-corrected chi connectivity index (χ4v) is 3.29. The van der Waals surface area contributed by atoms with Gasteiger partial charge >= 0.3 is 0 Å². The molecule has 5 nitrogen and oxygen atoms in total. The maximum atomic E-state index is 12.4. The van der Waals surface area contributed by atoms with Crippen LogP contribution in [0.4, 0.5) is 0 Å². The minimum Gasteiger partial charge on any atom is -0.349 e. The molecular formula is C19H26N4O. The zero-order valence-corrected chi connectivity index (χ0v) is 14.2. The molecule has 1 aromatic carbocycles. The van der Waals surface area contributed by atoms with Gasteiger partial charge in [-0.25, -0.2) is 4.98 Å². The molecule has 0 unspecified atom stereocenters. The number of amides is 1. The van der Waals surface area contributed by atoms with Crippen LogP contribution in [0.1, 0.15) is 31.2 Å². The van der Waals surface area contributed by atoms with Gasteiger partial charge < -0.3 is 15.2 Å². The highest BCUT2D eigenvalue weighted by atomic mass is 16.1. The number of rotatable bonds is 6. The largest absolute Gasteiger partial charge is 0.349 e. The van der Waals surface area contributed by atoms with E-state index >= 15 is 0 Å². The number of benzene rings is 1. The Kier molecular flexibility index (Phi) is 5.64. The molecule has 0 aliphatic carbocycles. The number of nitrogens with one attached hydrogen (secondary N) is 2. The number of nitrogens with zero attached hydrogens (tertiary/aromatic N) is 2. The zero-order valence-electron chi connectivity index (χ0n) is 14.2. The second-order valence-corrected chi connectivity index (χ2v) is 6.57. The normalized spacial score (nSPS) is 20.7. The first kappa shape index (κ1) is 16.7. The first-order chi connectivity index (χ1) is 11.7. The minimum absolute atomic E-state index is 0.119. The van der Waals surface area contributed by atoms with E-state index < -0.39 is 0 Å². The molecule has 2 N–H and O–H groups in total. The smallest absolute Gasteiger partial charge is 0.223 e. The predicted molar refractivity (Wildman–Crippen MR) is 94.4 cm³/mol. The number of carbonyl (C=O) groups excluding carboxylic acids is 1. The Morgan fingerprint density at radius 2 is 2.21 bits per heavy atom. The zero-order chi connectivity index (χ0) is 16.8. The van der Waals surface area contributed by atoms with Crippen LogP contribution in [0.3, 0.4) is 0 Å². The molecule has 0 radical (unpaired) electrons. The van der Waals surface area contributed by atoms with E-state index in [4.69, 9.17) is 0 Å². The summed E-state index contributed by atoms with van der Waals surface area (Å²) < 4.78 is 2.12. The number of hydrogen-bond acceptors (Lipinski definition) is 3. The first-order valence-electron chi connectivity index (χ1n) is 8.77. The van der Waals surface area contributed by atoms with Crippen molar-refractivity contribution >= 4 is 5.91 Å². The summed E-state index contributed by atoms with van der Waals surface area (Å²) in [5.41, 5.74) is 1.31. The molecule has 24 heavy (non-hydrogen) atoms. The summed E-state index contributed by atoms with van der Waals surface area (Å²) in [5.74, 6) is 1.19. The molecule has 2 atom stereocenters. The van der Waals surface area contributed by atoms with E-state index in [2.05, 4.69) is 51.4 Å². The van der Waals surface area contributed by atoms with Gasteiger partial charge in [-0.3, -0.25) is 4.79 Å². The van der Waals surface area contributed by atoms with Gasteiger partial charge in [0.25, 0.3) is 0 Å². The Bertz CT molecular complexity index is 652. The lowest BCUT2D eigenvalue weighted by atomic mass is 9.92. The fraction of sp³-hybridized carbons (Fsp3) is 0.474. The van der Waals surface area contributed by atoms with Crippen LogP contribution in [0.15, 0.2) is 42.7 Å². The van der Waals surface area contributed by atoms with Crippen molar-refractivity contribution in [3.05, 3.63) is 54.1 Å². The van der Waals surface area contributed by atoms with Gasteiger partial charge in [0.05, 0.1) is 6.54 Å². The molecular weight excluding hydrogens is 300 g/mol. The van der Waals surface area contributed by atoms with Crippen molar-refractivity contribution in [2.45, 2.75) is 45.3 Å². The van der Waals surface area contributed by atoms with Gasteiger partial charge in [-0.2, -0.15) is 0 Å². The highest BCUT2D eigenvalue weighted by Crippen LogP contribution is 2.16. The van der Waals surface area contributed by atoms with Crippen LogP contribution in [0.5, 0.6) is 0 Å². The molecule has 0 bridgehead atoms. The molecule has 5 heteroatoms. The van der Waals surface area contributed by atoms with E-state index in [1.807, 2.05) is 12.3 Å². The minimum atomic E-state index is 0.119. The predicted octanol–water partition coefficient (Wildman–Crippen LogP) is 2.13. The first-order valence-corrected chi connectivity index (χ1v) is 8.77. The van der Waals surface area contributed by atoms with Gasteiger partial charge in [0.2, 0.25) is 5.91 Å². The third-order valence-electron chi connectivity index (χ3n) is 4.70. The highest BCUT2D eigenvalue weighted by Gasteiger charge is 2.24. The summed E-state index contributed by atoms with van der Waals surface area (Å²) in [6, 6.07) is 10.8. The molecule has 128 valence electrons. The Morgan fingerprint density at radius 3 is 3.00 bits per heavy atom. The van der Waals surface area contributed by atoms with Gasteiger partial charge in [-0.1, -0.05) is 30.3 Å². The Balaban J connectivity index is 1.51. The second-order valence-electron chi connectivity index (χ2n) is 6.57. The molecule has 1 amide bonds. The van der Waals surface area contributed by atoms with E-state index in [0.717, 1.165) is 38.2 Å². The molecule has 1 saturated heterocycles. The van der Waals surface area contributed by atoms with E-state index in [1.54, 1.807) is 6.20 Å². The van der Waals surface area contributed by atoms with Crippen LogP contribution in [0.25, 0.3) is 0 Å². The van der Waals surface area contributed by atoms with Crippen molar-refractivity contribution in [3.63, 3.8) is 0 Å². The number of imidazole rings is 1. The Hall–Kier alpha value is -2.14. The molecule has 1 aliphatic rings. The molecule has 0 spiro atoms. The third-order valence-corrected chi connectivity index (χ3v) is 4.70. The monoisotopic (exact) mass is 326 g/mol. The summed E-state index contributed by atoms with van der Waals surface area (Å²) in [4.78, 5) is 16.7. The quantitative estimate of drug-likeness (QED) is 0.855. The average Bonchev–Trinajstić information content (AvgIpc) is 3.06. The van der Waals surface area contributed by atoms with Crippen molar-refractivity contribution in [1.29, 1.82) is 0 Å². The van der Waals surface area contributed by atoms with Crippen molar-refractivity contribution in [2.75, 3.05) is 6.54 Å². The molecule has 2 heterocycles. The number of hydrogen-bond donors (Lipinski definition) is 2. The Morgan fingerprint density at radius 1 is 1.38 bits per heavy atom. The molecule has 1 aromatic heterocycles. The van der Waals surface area contributed by atoms with E-state index in [-0.39, 0.29) is 11.8 Å². The summed E-state index contributed by atoms with van der Waals surface area (Å²) >= 11 is 0. The van der Waals surface area contributed by atoms with Crippen LogP contribution in [0, 0.1) is 5.92 Å². The van der Waals surface area contributed by atoms with Gasteiger partial charge in [0, 0.05) is 30.9 Å². The molecule has 1 aliphatic heterocycles. The van der Waals surface area contributed by atoms with Crippen molar-refractivity contribution in [2.24, 2.45) is 5.92 Å². The van der Waals surface area contributed by atoms with Crippen LogP contribution in [-0.2, 0) is 24.3 Å². The van der Waals surface area contributed by atoms with Crippen LogP contribution in [-0.4, -0.2) is 28.0 Å². The molecule has 3 rings (SSSR count). The summed E-state index contributed by atoms with van der Waals surface area (Å²) in [6.45, 7) is 4.43. The Labute approximate surface area is 143 Å². The van der Waals surface area contributed by atoms with Gasteiger partial charge in [-0.15, -0.1) is 0 Å². The standard InChI is InChI=1S/C19H26N4O/c1-15-13-17(7-9-20-15)19(24)22-14-18-21-10-12-23(18)11-8-16-5-3-2-4-6-16/h2-6,10,12,15,17,20H,7-9,11,13-14H2,1H3,(H,22,24)/t15-,17-/m0/s1. The van der Waals surface area contributed by atoms with Crippen molar-refractivity contribution < 1.29 is 4.79 Å². The van der Waals surface area contributed by atoms with Gasteiger partial charge in [0.1, 0.15) is 5.82 Å². The van der Waals surface area contributed by atoms with Crippen LogP contribution in [0.2, 0.25) is 0 Å². The maximum absolute atomic E-state index is 12.4. The summed E-state index contributed by atoms with van der Waals surface area (Å²) in [6.07, 6.45) is 6.58. The SMILES string of the molecule is C[C@H]1C[C@@H](C(=O)NCc2nccn2CCc2ccccc2)CCN1. The van der Waals surface area contributed by atoms with Crippen LogP contribution < -0.4 is 10.6 Å². The molecule has 1 fully saturated rings. The summed E-state index contributed by atoms with van der Waals surface area (Å²) in [5, 5.41) is 6.45. The molecule has 2 aromatic rings. The number of piperidine rings is 1. The highest BCUT2D eigenvalue weighted by molar-refractivity contribution is 5.78. The van der Waals surface area contributed by atoms with Gasteiger partial charge in [0.15, 0.2) is 0 Å². The molecule has 0 saturated carbocycles. The lowest BCUT2D eigenvalue weighted by Crippen LogP contribution is -2.42. The average molecular weight is 326 g/mol. The number of carbonyl (C=O) groups is 1. The van der Waals surface area contributed by atoms with E-state index in [1.165, 1.54) is 5.56 Å². The lowest BCUT2D eigenvalue weighted by molar-refractivity contribution is -0.126. The number of aromatic nitrogens is 2.